The van der Waals surface area contributed by atoms with Crippen LogP contribution in [0.25, 0.3) is 0 Å². The van der Waals surface area contributed by atoms with Crippen LogP contribution in [0.4, 0.5) is 0 Å². The maximum atomic E-state index is 7.39. The zero-order valence-electron chi connectivity index (χ0n) is 5.87. The predicted molar refractivity (Wildman–Crippen MR) is 57.7 cm³/mol. The Balaban J connectivity index is 3.08. The van der Waals surface area contributed by atoms with Gasteiger partial charge in [-0.3, -0.25) is 10.2 Å². The van der Waals surface area contributed by atoms with Crippen LogP contribution in [-0.4, -0.2) is 5.84 Å². The average molecular weight is 312 g/mol. The van der Waals surface area contributed by atoms with Gasteiger partial charge in [-0.15, -0.1) is 0 Å². The van der Waals surface area contributed by atoms with Crippen molar-refractivity contribution in [2.75, 3.05) is 0 Å². The van der Waals surface area contributed by atoms with E-state index in [0.717, 1.165) is 14.5 Å². The van der Waals surface area contributed by atoms with E-state index in [9.17, 15) is 0 Å². The minimum Gasteiger partial charge on any atom is -0.283 e. The molecule has 0 fully saturated rings. The third-order valence-corrected chi connectivity index (χ3v) is 2.35. The van der Waals surface area contributed by atoms with E-state index >= 15 is 0 Å². The molecule has 1 rings (SSSR count). The largest absolute Gasteiger partial charge is 0.283 e. The van der Waals surface area contributed by atoms with Crippen LogP contribution >= 0.6 is 43.6 Å². The van der Waals surface area contributed by atoms with Crippen molar-refractivity contribution in [3.63, 3.8) is 0 Å². The van der Waals surface area contributed by atoms with Crippen LogP contribution in [0.2, 0.25) is 0 Å². The lowest BCUT2D eigenvalue weighted by Crippen LogP contribution is -2.12. The summed E-state index contributed by atoms with van der Waals surface area (Å²) in [4.78, 5) is 2.25. The number of hydrogen-bond acceptors (Lipinski definition) is 1. The van der Waals surface area contributed by atoms with Gasteiger partial charge in [0.1, 0.15) is 5.84 Å². The van der Waals surface area contributed by atoms with Crippen LogP contribution in [0.5, 0.6) is 0 Å². The van der Waals surface area contributed by atoms with Gasteiger partial charge in [0.15, 0.2) is 0 Å². The summed E-state index contributed by atoms with van der Waals surface area (Å²) in [7, 11) is 0. The molecule has 0 spiro atoms. The Bertz CT molecular complexity index is 294. The van der Waals surface area contributed by atoms with Gasteiger partial charge in [0, 0.05) is 26.3 Å². The molecule has 0 aliphatic heterocycles. The van der Waals surface area contributed by atoms with E-state index in [1.807, 2.05) is 18.2 Å². The molecule has 0 unspecified atom stereocenters. The average Bonchev–Trinajstić information content (AvgIpc) is 2.01. The SMILES string of the molecule is N=C(NCl)c1cc(Br)cc(Br)c1. The molecule has 0 aliphatic rings. The van der Waals surface area contributed by atoms with Gasteiger partial charge < -0.3 is 0 Å². The van der Waals surface area contributed by atoms with E-state index in [1.165, 1.54) is 0 Å². The molecule has 0 saturated heterocycles. The molecule has 0 saturated carbocycles. The minimum absolute atomic E-state index is 0.179. The first kappa shape index (κ1) is 10.0. The highest BCUT2D eigenvalue weighted by molar-refractivity contribution is 9.11. The van der Waals surface area contributed by atoms with Gasteiger partial charge in [0.2, 0.25) is 0 Å². The molecule has 2 nitrogen and oxygen atoms in total. The molecule has 1 aromatic carbocycles. The summed E-state index contributed by atoms with van der Waals surface area (Å²) in [5.41, 5.74) is 0.728. The summed E-state index contributed by atoms with van der Waals surface area (Å²) in [6.07, 6.45) is 0. The van der Waals surface area contributed by atoms with Crippen LogP contribution in [-0.2, 0) is 0 Å². The molecule has 0 aromatic heterocycles. The zero-order valence-corrected chi connectivity index (χ0v) is 9.79. The van der Waals surface area contributed by atoms with Crippen molar-refractivity contribution in [1.29, 1.82) is 5.41 Å². The summed E-state index contributed by atoms with van der Waals surface area (Å²) in [5.74, 6) is 0.179. The molecule has 0 atom stereocenters. The van der Waals surface area contributed by atoms with Crippen molar-refractivity contribution in [3.05, 3.63) is 32.7 Å². The van der Waals surface area contributed by atoms with E-state index in [4.69, 9.17) is 17.2 Å². The second-order valence-electron chi connectivity index (χ2n) is 2.13. The molecule has 5 heteroatoms. The van der Waals surface area contributed by atoms with Crippen LogP contribution < -0.4 is 4.84 Å². The van der Waals surface area contributed by atoms with Crippen molar-refractivity contribution in [3.8, 4) is 0 Å². The van der Waals surface area contributed by atoms with Crippen molar-refractivity contribution >= 4 is 49.5 Å². The molecule has 1 aromatic rings. The van der Waals surface area contributed by atoms with Crippen molar-refractivity contribution in [2.24, 2.45) is 0 Å². The Morgan fingerprint density at radius 2 is 1.75 bits per heavy atom. The second kappa shape index (κ2) is 4.25. The Morgan fingerprint density at radius 3 is 2.17 bits per heavy atom. The first-order valence-corrected chi connectivity index (χ1v) is 5.01. The lowest BCUT2D eigenvalue weighted by Gasteiger charge is -2.02. The molecule has 0 aliphatic carbocycles. The van der Waals surface area contributed by atoms with Crippen molar-refractivity contribution in [1.82, 2.24) is 4.84 Å². The smallest absolute Gasteiger partial charge is 0.140 e. The Hall–Kier alpha value is -0.0600. The third-order valence-electron chi connectivity index (χ3n) is 1.25. The van der Waals surface area contributed by atoms with Crippen LogP contribution in [0.1, 0.15) is 5.56 Å². The molecular formula is C7H5Br2ClN2. The zero-order chi connectivity index (χ0) is 9.14. The number of amidine groups is 1. The first-order chi connectivity index (χ1) is 5.63. The summed E-state index contributed by atoms with van der Waals surface area (Å²) in [5, 5.41) is 7.39. The summed E-state index contributed by atoms with van der Waals surface area (Å²) in [6.45, 7) is 0. The highest BCUT2D eigenvalue weighted by atomic mass is 79.9. The van der Waals surface area contributed by atoms with Crippen LogP contribution in [0, 0.1) is 5.41 Å². The Labute approximate surface area is 92.2 Å². The lowest BCUT2D eigenvalue weighted by molar-refractivity contribution is 1.34. The fraction of sp³-hybridized carbons (Fsp3) is 0. The van der Waals surface area contributed by atoms with Gasteiger partial charge in [-0.1, -0.05) is 31.9 Å². The van der Waals surface area contributed by atoms with Gasteiger partial charge in [-0.05, 0) is 18.2 Å². The van der Waals surface area contributed by atoms with Crippen molar-refractivity contribution < 1.29 is 0 Å². The van der Waals surface area contributed by atoms with Crippen LogP contribution in [0.15, 0.2) is 27.1 Å². The number of halogens is 3. The number of benzene rings is 1. The van der Waals surface area contributed by atoms with Gasteiger partial charge in [0.25, 0.3) is 0 Å². The highest BCUT2D eigenvalue weighted by Gasteiger charge is 2.01. The van der Waals surface area contributed by atoms with Crippen LogP contribution in [0.3, 0.4) is 0 Å². The lowest BCUT2D eigenvalue weighted by atomic mass is 10.2. The topological polar surface area (TPSA) is 35.9 Å². The molecule has 0 amide bonds. The predicted octanol–water partition coefficient (Wildman–Crippen LogP) is 3.28. The Kier molecular flexibility index (Phi) is 3.55. The Morgan fingerprint density at radius 1 is 1.25 bits per heavy atom. The van der Waals surface area contributed by atoms with E-state index < -0.39 is 0 Å². The normalized spacial score (nSPS) is 9.58. The van der Waals surface area contributed by atoms with E-state index in [2.05, 4.69) is 36.7 Å². The van der Waals surface area contributed by atoms with Crippen molar-refractivity contribution in [2.45, 2.75) is 0 Å². The third kappa shape index (κ3) is 2.47. The molecule has 12 heavy (non-hydrogen) atoms. The number of hydrogen-bond donors (Lipinski definition) is 2. The number of nitrogens with one attached hydrogen (secondary N) is 2. The molecule has 0 bridgehead atoms. The molecule has 0 radical (unpaired) electrons. The minimum atomic E-state index is 0.179. The van der Waals surface area contributed by atoms with E-state index in [1.54, 1.807) is 0 Å². The van der Waals surface area contributed by atoms with E-state index in [0.29, 0.717) is 0 Å². The molecule has 64 valence electrons. The standard InChI is InChI=1S/C7H5Br2ClN2/c8-5-1-4(7(11)12-10)2-6(9)3-5/h1-3H,(H2,11,12). The second-order valence-corrected chi connectivity index (χ2v) is 4.15. The fourth-order valence-electron chi connectivity index (χ4n) is 0.753. The molecular weight excluding hydrogens is 307 g/mol. The van der Waals surface area contributed by atoms with Gasteiger partial charge in [0.05, 0.1) is 0 Å². The maximum absolute atomic E-state index is 7.39. The molecule has 2 N–H and O–H groups in total. The van der Waals surface area contributed by atoms with Gasteiger partial charge >= 0.3 is 0 Å². The van der Waals surface area contributed by atoms with Gasteiger partial charge in [-0.25, -0.2) is 0 Å². The monoisotopic (exact) mass is 310 g/mol. The van der Waals surface area contributed by atoms with E-state index in [-0.39, 0.29) is 5.84 Å². The molecule has 0 heterocycles. The summed E-state index contributed by atoms with van der Waals surface area (Å²) >= 11 is 11.9. The summed E-state index contributed by atoms with van der Waals surface area (Å²) in [6, 6.07) is 5.51. The van der Waals surface area contributed by atoms with Gasteiger partial charge in [-0.2, -0.15) is 0 Å². The fourth-order valence-corrected chi connectivity index (χ4v) is 2.16. The quantitative estimate of drug-likeness (QED) is 0.466. The first-order valence-electron chi connectivity index (χ1n) is 3.05. The highest BCUT2D eigenvalue weighted by Crippen LogP contribution is 2.19. The maximum Gasteiger partial charge on any atom is 0.140 e. The number of rotatable bonds is 1. The summed E-state index contributed by atoms with van der Waals surface area (Å²) < 4.78 is 1.81.